The van der Waals surface area contributed by atoms with Crippen molar-refractivity contribution in [2.24, 2.45) is 0 Å². The maximum absolute atomic E-state index is 12.5. The van der Waals surface area contributed by atoms with E-state index in [1.807, 2.05) is 4.90 Å². The molecule has 5 nitrogen and oxygen atoms in total. The van der Waals surface area contributed by atoms with Crippen molar-refractivity contribution in [3.63, 3.8) is 0 Å². The third-order valence-corrected chi connectivity index (χ3v) is 7.21. The van der Waals surface area contributed by atoms with Crippen LogP contribution in [0.3, 0.4) is 0 Å². The molecule has 2 fully saturated rings. The van der Waals surface area contributed by atoms with Crippen LogP contribution in [0.15, 0.2) is 23.1 Å². The highest BCUT2D eigenvalue weighted by molar-refractivity contribution is 7.98. The van der Waals surface area contributed by atoms with E-state index >= 15 is 0 Å². The summed E-state index contributed by atoms with van der Waals surface area (Å²) in [5.74, 6) is 0. The minimum Gasteiger partial charge on any atom is -0.345 e. The molecule has 0 unspecified atom stereocenters. The van der Waals surface area contributed by atoms with Crippen molar-refractivity contribution < 1.29 is 4.79 Å². The van der Waals surface area contributed by atoms with Gasteiger partial charge in [-0.15, -0.1) is 11.8 Å². The number of fused-ring (bicyclic) bond motifs is 1. The van der Waals surface area contributed by atoms with Crippen molar-refractivity contribution in [2.75, 3.05) is 37.3 Å². The highest BCUT2D eigenvalue weighted by atomic mass is 32.2. The summed E-state index contributed by atoms with van der Waals surface area (Å²) in [6, 6.07) is 6.87. The predicted molar refractivity (Wildman–Crippen MR) is 111 cm³/mol. The van der Waals surface area contributed by atoms with Crippen LogP contribution in [0.1, 0.15) is 32.1 Å². The van der Waals surface area contributed by atoms with E-state index in [0.717, 1.165) is 49.7 Å². The van der Waals surface area contributed by atoms with Gasteiger partial charge in [0.1, 0.15) is 0 Å². The molecule has 0 spiro atoms. The molecule has 2 aromatic rings. The third kappa shape index (κ3) is 3.78. The summed E-state index contributed by atoms with van der Waals surface area (Å²) in [6.45, 7) is 3.24. The van der Waals surface area contributed by atoms with Crippen LogP contribution >= 0.6 is 23.1 Å². The lowest BCUT2D eigenvalue weighted by Gasteiger charge is -2.35. The number of urea groups is 1. The van der Waals surface area contributed by atoms with Crippen LogP contribution in [0.5, 0.6) is 0 Å². The number of para-hydroxylation sites is 1. The summed E-state index contributed by atoms with van der Waals surface area (Å²) in [5.41, 5.74) is 1.11. The summed E-state index contributed by atoms with van der Waals surface area (Å²) in [7, 11) is 0. The topological polar surface area (TPSA) is 48.5 Å². The normalized spacial score (nSPS) is 19.1. The van der Waals surface area contributed by atoms with Gasteiger partial charge in [-0.3, -0.25) is 0 Å². The largest absolute Gasteiger partial charge is 0.345 e. The van der Waals surface area contributed by atoms with Crippen LogP contribution < -0.4 is 10.2 Å². The Morgan fingerprint density at radius 2 is 1.96 bits per heavy atom. The average Bonchev–Trinajstić information content (AvgIpc) is 3.13. The first-order valence-corrected chi connectivity index (χ1v) is 11.5. The number of amides is 2. The molecular weight excluding hydrogens is 364 g/mol. The van der Waals surface area contributed by atoms with Gasteiger partial charge in [-0.1, -0.05) is 36.7 Å². The van der Waals surface area contributed by atoms with Gasteiger partial charge in [0.05, 0.1) is 10.2 Å². The molecule has 1 saturated heterocycles. The first kappa shape index (κ1) is 17.9. The van der Waals surface area contributed by atoms with Gasteiger partial charge >= 0.3 is 6.03 Å². The SMILES string of the molecule is CSc1cccc2sc(N3CCN(C(=O)NC4CCCCC4)CC3)nc12. The molecule has 1 saturated carbocycles. The number of thiazole rings is 1. The number of benzene rings is 1. The van der Waals surface area contributed by atoms with Crippen molar-refractivity contribution in [1.29, 1.82) is 0 Å². The fraction of sp³-hybridized carbons (Fsp3) is 0.579. The summed E-state index contributed by atoms with van der Waals surface area (Å²) >= 11 is 3.50. The van der Waals surface area contributed by atoms with Crippen molar-refractivity contribution in [1.82, 2.24) is 15.2 Å². The smallest absolute Gasteiger partial charge is 0.317 e. The van der Waals surface area contributed by atoms with Gasteiger partial charge in [-0.05, 0) is 31.2 Å². The molecule has 0 radical (unpaired) electrons. The molecule has 7 heteroatoms. The van der Waals surface area contributed by atoms with Gasteiger partial charge in [-0.2, -0.15) is 0 Å². The Morgan fingerprint density at radius 3 is 2.69 bits per heavy atom. The number of nitrogens with zero attached hydrogens (tertiary/aromatic N) is 3. The Labute approximate surface area is 163 Å². The molecule has 0 bridgehead atoms. The van der Waals surface area contributed by atoms with Crippen molar-refractivity contribution in [3.05, 3.63) is 18.2 Å². The minimum absolute atomic E-state index is 0.116. The predicted octanol–water partition coefficient (Wildman–Crippen LogP) is 4.18. The van der Waals surface area contributed by atoms with E-state index < -0.39 is 0 Å². The van der Waals surface area contributed by atoms with Gasteiger partial charge in [-0.25, -0.2) is 9.78 Å². The van der Waals surface area contributed by atoms with E-state index in [4.69, 9.17) is 4.98 Å². The number of nitrogens with one attached hydrogen (secondary N) is 1. The Kier molecular flexibility index (Phi) is 5.55. The van der Waals surface area contributed by atoms with Crippen LogP contribution in [0.25, 0.3) is 10.2 Å². The quantitative estimate of drug-likeness (QED) is 0.799. The summed E-state index contributed by atoms with van der Waals surface area (Å²) < 4.78 is 1.24. The molecule has 2 amide bonds. The number of carbonyl (C=O) groups is 1. The fourth-order valence-electron chi connectivity index (χ4n) is 3.83. The molecule has 2 heterocycles. The van der Waals surface area contributed by atoms with Crippen molar-refractivity contribution in [2.45, 2.75) is 43.0 Å². The van der Waals surface area contributed by atoms with Crippen LogP contribution in [0, 0.1) is 0 Å². The fourth-order valence-corrected chi connectivity index (χ4v) is 5.50. The number of hydrogen-bond donors (Lipinski definition) is 1. The van der Waals surface area contributed by atoms with Crippen LogP contribution in [0.4, 0.5) is 9.93 Å². The molecule has 26 heavy (non-hydrogen) atoms. The zero-order valence-electron chi connectivity index (χ0n) is 15.2. The van der Waals surface area contributed by atoms with Crippen LogP contribution in [0.2, 0.25) is 0 Å². The highest BCUT2D eigenvalue weighted by Crippen LogP contribution is 2.34. The standard InChI is InChI=1S/C19H26N4OS2/c1-25-15-8-5-9-16-17(15)21-19(26-16)23-12-10-22(11-13-23)18(24)20-14-6-3-2-4-7-14/h5,8-9,14H,2-4,6-7,10-13H2,1H3,(H,20,24). The van der Waals surface area contributed by atoms with Crippen molar-refractivity contribution in [3.8, 4) is 0 Å². The van der Waals surface area contributed by atoms with E-state index in [9.17, 15) is 4.79 Å². The third-order valence-electron chi connectivity index (χ3n) is 5.36. The van der Waals surface area contributed by atoms with Gasteiger partial charge in [0.25, 0.3) is 0 Å². The Hall–Kier alpha value is -1.47. The molecule has 4 rings (SSSR count). The van der Waals surface area contributed by atoms with Crippen LogP contribution in [-0.4, -0.2) is 54.4 Å². The molecule has 1 aliphatic heterocycles. The van der Waals surface area contributed by atoms with Crippen molar-refractivity contribution >= 4 is 44.5 Å². The van der Waals surface area contributed by atoms with Gasteiger partial charge < -0.3 is 15.1 Å². The Balaban J connectivity index is 1.36. The highest BCUT2D eigenvalue weighted by Gasteiger charge is 2.25. The number of hydrogen-bond acceptors (Lipinski definition) is 5. The maximum Gasteiger partial charge on any atom is 0.317 e. The van der Waals surface area contributed by atoms with E-state index in [2.05, 4.69) is 34.7 Å². The average molecular weight is 391 g/mol. The Bertz CT molecular complexity index is 764. The van der Waals surface area contributed by atoms with E-state index in [1.54, 1.807) is 23.1 Å². The second-order valence-electron chi connectivity index (χ2n) is 7.06. The number of carbonyl (C=O) groups excluding carboxylic acids is 1. The molecule has 0 atom stereocenters. The van der Waals surface area contributed by atoms with Gasteiger partial charge in [0.15, 0.2) is 5.13 Å². The first-order valence-electron chi connectivity index (χ1n) is 9.48. The van der Waals surface area contributed by atoms with Gasteiger partial charge in [0, 0.05) is 37.1 Å². The molecule has 140 valence electrons. The van der Waals surface area contributed by atoms with E-state index in [1.165, 1.54) is 28.9 Å². The second kappa shape index (κ2) is 8.05. The first-order chi connectivity index (χ1) is 12.7. The molecule has 1 N–H and O–H groups in total. The molecule has 2 aliphatic rings. The second-order valence-corrected chi connectivity index (χ2v) is 8.92. The number of thioether (sulfide) groups is 1. The molecule has 1 aromatic carbocycles. The Morgan fingerprint density at radius 1 is 1.19 bits per heavy atom. The lowest BCUT2D eigenvalue weighted by molar-refractivity contribution is 0.186. The molecule has 1 aromatic heterocycles. The van der Waals surface area contributed by atoms with Gasteiger partial charge in [0.2, 0.25) is 0 Å². The zero-order chi connectivity index (χ0) is 17.9. The van der Waals surface area contributed by atoms with Crippen LogP contribution in [-0.2, 0) is 0 Å². The number of anilines is 1. The minimum atomic E-state index is 0.116. The monoisotopic (exact) mass is 390 g/mol. The zero-order valence-corrected chi connectivity index (χ0v) is 16.9. The number of piperazine rings is 1. The number of aromatic nitrogens is 1. The molecular formula is C19H26N4OS2. The van der Waals surface area contributed by atoms with E-state index in [0.29, 0.717) is 6.04 Å². The maximum atomic E-state index is 12.5. The summed E-state index contributed by atoms with van der Waals surface area (Å²) in [4.78, 5) is 22.9. The molecule has 1 aliphatic carbocycles. The number of rotatable bonds is 3. The van der Waals surface area contributed by atoms with E-state index in [-0.39, 0.29) is 6.03 Å². The summed E-state index contributed by atoms with van der Waals surface area (Å²) in [5, 5.41) is 4.31. The summed E-state index contributed by atoms with van der Waals surface area (Å²) in [6.07, 6.45) is 8.16. The lowest BCUT2D eigenvalue weighted by atomic mass is 9.96. The lowest BCUT2D eigenvalue weighted by Crippen LogP contribution is -2.53.